The monoisotopic (exact) mass is 469 g/mol. The van der Waals surface area contributed by atoms with Crippen LogP contribution in [-0.2, 0) is 9.47 Å². The van der Waals surface area contributed by atoms with Gasteiger partial charge >= 0.3 is 12.1 Å². The van der Waals surface area contributed by atoms with E-state index in [1.54, 1.807) is 31.2 Å². The third-order valence-electron chi connectivity index (χ3n) is 3.25. The molecule has 0 radical (unpaired) electrons. The van der Waals surface area contributed by atoms with Gasteiger partial charge in [-0.25, -0.2) is 9.59 Å². The highest BCUT2D eigenvalue weighted by atomic mass is 35.6. The lowest BCUT2D eigenvalue weighted by Gasteiger charge is -2.27. The minimum absolute atomic E-state index is 0.0893. The van der Waals surface area contributed by atoms with Crippen molar-refractivity contribution < 1.29 is 19.1 Å². The van der Waals surface area contributed by atoms with E-state index in [2.05, 4.69) is 16.0 Å². The summed E-state index contributed by atoms with van der Waals surface area (Å²) in [5.74, 6) is -0.393. The summed E-state index contributed by atoms with van der Waals surface area (Å²) < 4.78 is 8.02. The van der Waals surface area contributed by atoms with Crippen molar-refractivity contribution in [3.05, 3.63) is 29.8 Å². The molecule has 0 aliphatic rings. The second kappa shape index (κ2) is 12.2. The third-order valence-corrected chi connectivity index (χ3v) is 4.12. The minimum atomic E-state index is -1.88. The SMILES string of the molecule is CCCCOC(=O)c1ccc(NC(=S)NC(NC(=O)OCC)C(Cl)(Cl)Cl)cc1. The van der Waals surface area contributed by atoms with Gasteiger partial charge in [-0.05, 0) is 49.8 Å². The van der Waals surface area contributed by atoms with E-state index in [9.17, 15) is 9.59 Å². The van der Waals surface area contributed by atoms with E-state index in [1.165, 1.54) is 0 Å². The van der Waals surface area contributed by atoms with Gasteiger partial charge in [-0.15, -0.1) is 0 Å². The molecule has 3 N–H and O–H groups in total. The third kappa shape index (κ3) is 9.14. The van der Waals surface area contributed by atoms with Crippen LogP contribution in [0.1, 0.15) is 37.0 Å². The number of hydrogen-bond acceptors (Lipinski definition) is 5. The molecule has 0 spiro atoms. The van der Waals surface area contributed by atoms with E-state index in [0.29, 0.717) is 17.9 Å². The van der Waals surface area contributed by atoms with Gasteiger partial charge in [-0.1, -0.05) is 48.1 Å². The number of alkyl halides is 3. The van der Waals surface area contributed by atoms with Crippen LogP contribution in [0.25, 0.3) is 0 Å². The number of anilines is 1. The number of hydrogen-bond donors (Lipinski definition) is 3. The number of carbonyl (C=O) groups excluding carboxylic acids is 2. The van der Waals surface area contributed by atoms with Gasteiger partial charge in [0.2, 0.25) is 3.79 Å². The van der Waals surface area contributed by atoms with E-state index < -0.39 is 22.0 Å². The molecule has 1 rings (SSSR count). The Morgan fingerprint density at radius 3 is 2.29 bits per heavy atom. The molecule has 1 amide bonds. The van der Waals surface area contributed by atoms with Crippen molar-refractivity contribution in [2.75, 3.05) is 18.5 Å². The Labute approximate surface area is 184 Å². The molecule has 156 valence electrons. The summed E-state index contributed by atoms with van der Waals surface area (Å²) in [6, 6.07) is 6.49. The van der Waals surface area contributed by atoms with E-state index in [1.807, 2.05) is 6.92 Å². The Balaban J connectivity index is 2.65. The summed E-state index contributed by atoms with van der Waals surface area (Å²) in [4.78, 5) is 23.5. The number of thiocarbonyl (C=S) groups is 1. The molecule has 1 aromatic carbocycles. The van der Waals surface area contributed by atoms with Crippen LogP contribution in [0.3, 0.4) is 0 Å². The summed E-state index contributed by atoms with van der Waals surface area (Å²) in [5, 5.41) is 8.01. The fourth-order valence-corrected chi connectivity index (χ4v) is 2.43. The predicted molar refractivity (Wildman–Crippen MR) is 115 cm³/mol. The van der Waals surface area contributed by atoms with Gasteiger partial charge < -0.3 is 20.1 Å². The fourth-order valence-electron chi connectivity index (χ4n) is 1.87. The zero-order valence-electron chi connectivity index (χ0n) is 15.4. The molecule has 1 atom stereocenters. The van der Waals surface area contributed by atoms with Crippen molar-refractivity contribution in [3.63, 3.8) is 0 Å². The maximum Gasteiger partial charge on any atom is 0.408 e. The van der Waals surface area contributed by atoms with Gasteiger partial charge in [0.1, 0.15) is 0 Å². The molecule has 11 heteroatoms. The first-order valence-corrected chi connectivity index (χ1v) is 10.1. The van der Waals surface area contributed by atoms with E-state index >= 15 is 0 Å². The zero-order chi connectivity index (χ0) is 21.2. The molecule has 0 bridgehead atoms. The predicted octanol–water partition coefficient (Wildman–Crippen LogP) is 4.37. The molecule has 0 saturated carbocycles. The molecule has 0 fully saturated rings. The van der Waals surface area contributed by atoms with E-state index in [4.69, 9.17) is 56.5 Å². The van der Waals surface area contributed by atoms with Crippen LogP contribution in [0.2, 0.25) is 0 Å². The number of nitrogens with one attached hydrogen (secondary N) is 3. The van der Waals surface area contributed by atoms with Crippen molar-refractivity contribution in [3.8, 4) is 0 Å². The van der Waals surface area contributed by atoms with Crippen molar-refractivity contribution in [2.24, 2.45) is 0 Å². The summed E-state index contributed by atoms with van der Waals surface area (Å²) in [7, 11) is 0. The van der Waals surface area contributed by atoms with Gasteiger partial charge in [0.05, 0.1) is 18.8 Å². The highest BCUT2D eigenvalue weighted by molar-refractivity contribution is 7.80. The lowest BCUT2D eigenvalue weighted by atomic mass is 10.2. The Bertz CT molecular complexity index is 669. The summed E-state index contributed by atoms with van der Waals surface area (Å²) in [6.45, 7) is 4.21. The van der Waals surface area contributed by atoms with Crippen LogP contribution in [0.4, 0.5) is 10.5 Å². The van der Waals surface area contributed by atoms with Crippen LogP contribution >= 0.6 is 47.0 Å². The Morgan fingerprint density at radius 1 is 1.11 bits per heavy atom. The average molecular weight is 471 g/mol. The first-order valence-electron chi connectivity index (χ1n) is 8.52. The van der Waals surface area contributed by atoms with Gasteiger partial charge in [0.25, 0.3) is 0 Å². The second-order valence-electron chi connectivity index (χ2n) is 5.50. The minimum Gasteiger partial charge on any atom is -0.462 e. The quantitative estimate of drug-likeness (QED) is 0.171. The molecule has 1 aromatic rings. The van der Waals surface area contributed by atoms with Gasteiger partial charge in [-0.2, -0.15) is 0 Å². The smallest absolute Gasteiger partial charge is 0.408 e. The number of ether oxygens (including phenoxy) is 2. The van der Waals surface area contributed by atoms with Crippen molar-refractivity contribution in [1.29, 1.82) is 0 Å². The summed E-state index contributed by atoms with van der Waals surface area (Å²) >= 11 is 22.7. The molecule has 0 aromatic heterocycles. The molecule has 0 aliphatic carbocycles. The Morgan fingerprint density at radius 2 is 1.75 bits per heavy atom. The van der Waals surface area contributed by atoms with Crippen molar-refractivity contribution in [2.45, 2.75) is 36.6 Å². The van der Waals surface area contributed by atoms with E-state index in [-0.39, 0.29) is 11.7 Å². The normalized spacial score (nSPS) is 11.9. The summed E-state index contributed by atoms with van der Waals surface area (Å²) in [6.07, 6.45) is -0.138. The van der Waals surface area contributed by atoms with Crippen LogP contribution < -0.4 is 16.0 Å². The molecule has 0 heterocycles. The molecule has 7 nitrogen and oxygen atoms in total. The standard InChI is InChI=1S/C17H22Cl3N3O4S/c1-3-5-10-27-13(24)11-6-8-12(9-7-11)21-15(28)22-14(17(18,19)20)23-16(25)26-4-2/h6-9,14H,3-5,10H2,1-2H3,(H,23,25)(H2,21,22,28). The first-order chi connectivity index (χ1) is 13.2. The molecule has 0 saturated heterocycles. The topological polar surface area (TPSA) is 88.7 Å². The van der Waals surface area contributed by atoms with Crippen LogP contribution in [0, 0.1) is 0 Å². The van der Waals surface area contributed by atoms with Crippen LogP contribution in [0.5, 0.6) is 0 Å². The largest absolute Gasteiger partial charge is 0.462 e. The molecule has 28 heavy (non-hydrogen) atoms. The van der Waals surface area contributed by atoms with Gasteiger partial charge in [0.15, 0.2) is 11.3 Å². The number of rotatable bonds is 8. The highest BCUT2D eigenvalue weighted by Gasteiger charge is 2.35. The van der Waals surface area contributed by atoms with Gasteiger partial charge in [-0.3, -0.25) is 5.32 Å². The van der Waals surface area contributed by atoms with E-state index in [0.717, 1.165) is 12.8 Å². The Kier molecular flexibility index (Phi) is 10.7. The summed E-state index contributed by atoms with van der Waals surface area (Å²) in [5.41, 5.74) is 1.01. The fraction of sp³-hybridized carbons (Fsp3) is 0.471. The lowest BCUT2D eigenvalue weighted by Crippen LogP contribution is -2.56. The van der Waals surface area contributed by atoms with Crippen molar-refractivity contribution in [1.82, 2.24) is 10.6 Å². The van der Waals surface area contributed by atoms with Crippen LogP contribution in [-0.4, -0.2) is 40.3 Å². The maximum absolute atomic E-state index is 11.9. The molecule has 1 unspecified atom stereocenters. The highest BCUT2D eigenvalue weighted by Crippen LogP contribution is 2.29. The molecule has 0 aliphatic heterocycles. The lowest BCUT2D eigenvalue weighted by molar-refractivity contribution is 0.0499. The number of esters is 1. The molecular formula is C17H22Cl3N3O4S. The number of alkyl carbamates (subject to hydrolysis) is 1. The van der Waals surface area contributed by atoms with Gasteiger partial charge in [0, 0.05) is 5.69 Å². The number of benzene rings is 1. The number of carbonyl (C=O) groups is 2. The maximum atomic E-state index is 11.9. The number of halogens is 3. The zero-order valence-corrected chi connectivity index (χ0v) is 18.5. The average Bonchev–Trinajstić information content (AvgIpc) is 2.61. The molecular weight excluding hydrogens is 449 g/mol. The van der Waals surface area contributed by atoms with Crippen LogP contribution in [0.15, 0.2) is 24.3 Å². The number of unbranched alkanes of at least 4 members (excludes halogenated alkanes) is 1. The van der Waals surface area contributed by atoms with Crippen molar-refractivity contribution >= 4 is 69.9 Å². The number of amides is 1. The first kappa shape index (κ1) is 24.6. The Hall–Kier alpha value is -1.48. The second-order valence-corrected chi connectivity index (χ2v) is 8.28.